The first-order valence-electron chi connectivity index (χ1n) is 7.38. The van der Waals surface area contributed by atoms with Crippen LogP contribution in [0.1, 0.15) is 42.9 Å². The first-order valence-corrected chi connectivity index (χ1v) is 7.38. The molecule has 1 fully saturated rings. The monoisotopic (exact) mass is 288 g/mol. The third kappa shape index (κ3) is 2.31. The number of aryl methyl sites for hydroxylation is 1. The van der Waals surface area contributed by atoms with E-state index in [4.69, 9.17) is 9.72 Å². The second-order valence-corrected chi connectivity index (χ2v) is 5.92. The summed E-state index contributed by atoms with van der Waals surface area (Å²) in [6.45, 7) is 5.67. The molecule has 5 nitrogen and oxygen atoms in total. The second-order valence-electron chi connectivity index (χ2n) is 5.92. The van der Waals surface area contributed by atoms with E-state index in [1.807, 2.05) is 0 Å². The molecule has 1 aromatic heterocycles. The molecule has 0 saturated carbocycles. The molecule has 0 radical (unpaired) electrons. The SMILES string of the molecule is CCCc1nc2ccc(C(=O)O)cc2n1C1(C)CCOC1. The number of hydrogen-bond donors (Lipinski definition) is 1. The van der Waals surface area contributed by atoms with E-state index in [9.17, 15) is 9.90 Å². The smallest absolute Gasteiger partial charge is 0.335 e. The maximum Gasteiger partial charge on any atom is 0.335 e. The molecular formula is C16H20N2O3. The van der Waals surface area contributed by atoms with Gasteiger partial charge in [0.25, 0.3) is 0 Å². The van der Waals surface area contributed by atoms with Gasteiger partial charge in [-0.25, -0.2) is 9.78 Å². The molecule has 112 valence electrons. The fourth-order valence-electron chi connectivity index (χ4n) is 3.08. The molecule has 2 heterocycles. The Morgan fingerprint density at radius 2 is 2.33 bits per heavy atom. The van der Waals surface area contributed by atoms with Gasteiger partial charge < -0.3 is 14.4 Å². The van der Waals surface area contributed by atoms with Gasteiger partial charge in [0.2, 0.25) is 0 Å². The zero-order valence-electron chi connectivity index (χ0n) is 12.4. The Hall–Kier alpha value is -1.88. The number of carbonyl (C=O) groups is 1. The highest BCUT2D eigenvalue weighted by Gasteiger charge is 2.34. The lowest BCUT2D eigenvalue weighted by molar-refractivity contribution is 0.0697. The molecule has 1 N–H and O–H groups in total. The van der Waals surface area contributed by atoms with Crippen molar-refractivity contribution in [1.29, 1.82) is 0 Å². The van der Waals surface area contributed by atoms with Crippen LogP contribution in [0.15, 0.2) is 18.2 Å². The lowest BCUT2D eigenvalue weighted by Gasteiger charge is -2.27. The lowest BCUT2D eigenvalue weighted by Crippen LogP contribution is -2.32. The molecule has 1 atom stereocenters. The number of rotatable bonds is 4. The summed E-state index contributed by atoms with van der Waals surface area (Å²) < 4.78 is 7.78. The number of aromatic nitrogens is 2. The highest BCUT2D eigenvalue weighted by molar-refractivity contribution is 5.92. The van der Waals surface area contributed by atoms with E-state index < -0.39 is 5.97 Å². The van der Waals surface area contributed by atoms with Crippen molar-refractivity contribution < 1.29 is 14.6 Å². The zero-order valence-corrected chi connectivity index (χ0v) is 12.4. The van der Waals surface area contributed by atoms with Gasteiger partial charge in [-0.3, -0.25) is 0 Å². The Labute approximate surface area is 123 Å². The van der Waals surface area contributed by atoms with Gasteiger partial charge in [-0.2, -0.15) is 0 Å². The molecule has 5 heteroatoms. The number of carboxylic acid groups (broad SMARTS) is 1. The van der Waals surface area contributed by atoms with E-state index in [-0.39, 0.29) is 5.54 Å². The second kappa shape index (κ2) is 5.15. The molecule has 21 heavy (non-hydrogen) atoms. The van der Waals surface area contributed by atoms with Gasteiger partial charge in [0.1, 0.15) is 5.82 Å². The molecule has 0 bridgehead atoms. The molecule has 1 aliphatic heterocycles. The van der Waals surface area contributed by atoms with E-state index in [1.54, 1.807) is 18.2 Å². The highest BCUT2D eigenvalue weighted by Crippen LogP contribution is 2.33. The van der Waals surface area contributed by atoms with Crippen molar-refractivity contribution >= 4 is 17.0 Å². The number of nitrogens with zero attached hydrogens (tertiary/aromatic N) is 2. The van der Waals surface area contributed by atoms with Crippen LogP contribution in [0.25, 0.3) is 11.0 Å². The number of hydrogen-bond acceptors (Lipinski definition) is 3. The van der Waals surface area contributed by atoms with E-state index in [0.29, 0.717) is 12.2 Å². The average Bonchev–Trinajstić information content (AvgIpc) is 3.02. The van der Waals surface area contributed by atoms with Crippen LogP contribution in [0.5, 0.6) is 0 Å². The predicted molar refractivity (Wildman–Crippen MR) is 79.8 cm³/mol. The highest BCUT2D eigenvalue weighted by atomic mass is 16.5. The fraction of sp³-hybridized carbons (Fsp3) is 0.500. The number of imidazole rings is 1. The van der Waals surface area contributed by atoms with Gasteiger partial charge >= 0.3 is 5.97 Å². The number of carboxylic acids is 1. The summed E-state index contributed by atoms with van der Waals surface area (Å²) in [4.78, 5) is 15.9. The molecule has 1 unspecified atom stereocenters. The van der Waals surface area contributed by atoms with Crippen molar-refractivity contribution in [1.82, 2.24) is 9.55 Å². The number of fused-ring (bicyclic) bond motifs is 1. The van der Waals surface area contributed by atoms with Gasteiger partial charge in [-0.05, 0) is 38.0 Å². The van der Waals surface area contributed by atoms with Gasteiger partial charge in [-0.15, -0.1) is 0 Å². The van der Waals surface area contributed by atoms with Crippen LogP contribution < -0.4 is 0 Å². The summed E-state index contributed by atoms with van der Waals surface area (Å²) in [6.07, 6.45) is 2.81. The molecule has 1 aliphatic rings. The van der Waals surface area contributed by atoms with Gasteiger partial charge in [0.05, 0.1) is 28.7 Å². The van der Waals surface area contributed by atoms with E-state index in [1.165, 1.54) is 0 Å². The molecule has 0 amide bonds. The maximum atomic E-state index is 11.2. The van der Waals surface area contributed by atoms with Crippen LogP contribution >= 0.6 is 0 Å². The minimum atomic E-state index is -0.908. The van der Waals surface area contributed by atoms with Crippen molar-refractivity contribution in [2.75, 3.05) is 13.2 Å². The van der Waals surface area contributed by atoms with Crippen LogP contribution in [0, 0.1) is 0 Å². The van der Waals surface area contributed by atoms with E-state index >= 15 is 0 Å². The van der Waals surface area contributed by atoms with Crippen molar-refractivity contribution in [2.24, 2.45) is 0 Å². The van der Waals surface area contributed by atoms with Gasteiger partial charge in [0, 0.05) is 13.0 Å². The molecule has 2 aromatic rings. The number of benzene rings is 1. The van der Waals surface area contributed by atoms with E-state index in [0.717, 1.165) is 42.7 Å². The standard InChI is InChI=1S/C16H20N2O3/c1-3-4-14-17-12-6-5-11(15(19)20)9-13(12)18(14)16(2)7-8-21-10-16/h5-6,9H,3-4,7-8,10H2,1-2H3,(H,19,20). The van der Waals surface area contributed by atoms with Crippen LogP contribution in [-0.4, -0.2) is 33.8 Å². The summed E-state index contributed by atoms with van der Waals surface area (Å²) in [7, 11) is 0. The Morgan fingerprint density at radius 1 is 1.52 bits per heavy atom. The fourth-order valence-corrected chi connectivity index (χ4v) is 3.08. The normalized spacial score (nSPS) is 22.0. The topological polar surface area (TPSA) is 64.3 Å². The molecule has 1 aromatic carbocycles. The first kappa shape index (κ1) is 14.1. The van der Waals surface area contributed by atoms with Gasteiger partial charge in [-0.1, -0.05) is 6.92 Å². The summed E-state index contributed by atoms with van der Waals surface area (Å²) in [5.41, 5.74) is 1.91. The summed E-state index contributed by atoms with van der Waals surface area (Å²) in [5, 5.41) is 9.22. The quantitative estimate of drug-likeness (QED) is 0.939. The maximum absolute atomic E-state index is 11.2. The van der Waals surface area contributed by atoms with Crippen molar-refractivity contribution in [3.63, 3.8) is 0 Å². The zero-order chi connectivity index (χ0) is 15.0. The van der Waals surface area contributed by atoms with Crippen molar-refractivity contribution in [3.8, 4) is 0 Å². The molecule has 0 aliphatic carbocycles. The van der Waals surface area contributed by atoms with Crippen LogP contribution in [-0.2, 0) is 16.7 Å². The number of ether oxygens (including phenoxy) is 1. The largest absolute Gasteiger partial charge is 0.478 e. The van der Waals surface area contributed by atoms with Crippen molar-refractivity contribution in [3.05, 3.63) is 29.6 Å². The Balaban J connectivity index is 2.23. The molecular weight excluding hydrogens is 268 g/mol. The summed E-state index contributed by atoms with van der Waals surface area (Å²) >= 11 is 0. The van der Waals surface area contributed by atoms with Crippen LogP contribution in [0.4, 0.5) is 0 Å². The molecule has 3 rings (SSSR count). The van der Waals surface area contributed by atoms with E-state index in [2.05, 4.69) is 18.4 Å². The summed E-state index contributed by atoms with van der Waals surface area (Å²) in [5.74, 6) is 0.109. The minimum Gasteiger partial charge on any atom is -0.478 e. The Kier molecular flexibility index (Phi) is 3.45. The predicted octanol–water partition coefficient (Wildman–Crippen LogP) is 2.82. The lowest BCUT2D eigenvalue weighted by atomic mass is 10.00. The van der Waals surface area contributed by atoms with Crippen LogP contribution in [0.2, 0.25) is 0 Å². The molecule has 1 saturated heterocycles. The third-order valence-electron chi connectivity index (χ3n) is 4.18. The third-order valence-corrected chi connectivity index (χ3v) is 4.18. The Morgan fingerprint density at radius 3 is 2.95 bits per heavy atom. The summed E-state index contributed by atoms with van der Waals surface area (Å²) in [6, 6.07) is 5.15. The van der Waals surface area contributed by atoms with Crippen molar-refractivity contribution in [2.45, 2.75) is 38.6 Å². The molecule has 0 spiro atoms. The average molecular weight is 288 g/mol. The van der Waals surface area contributed by atoms with Gasteiger partial charge in [0.15, 0.2) is 0 Å². The minimum absolute atomic E-state index is 0.142. The van der Waals surface area contributed by atoms with Crippen LogP contribution in [0.3, 0.4) is 0 Å². The number of aromatic carboxylic acids is 1. The first-order chi connectivity index (χ1) is 10.0. The Bertz CT molecular complexity index is 684.